The zero-order chi connectivity index (χ0) is 17.2. The second-order valence-corrected chi connectivity index (χ2v) is 5.12. The molecule has 0 aliphatic heterocycles. The predicted molar refractivity (Wildman–Crippen MR) is 95.8 cm³/mol. The summed E-state index contributed by atoms with van der Waals surface area (Å²) in [5.41, 5.74) is 1.44. The van der Waals surface area contributed by atoms with Crippen LogP contribution in [0.15, 0.2) is 66.3 Å². The Balaban J connectivity index is 1.80. The van der Waals surface area contributed by atoms with E-state index in [0.29, 0.717) is 23.1 Å². The molecule has 0 atom stereocenters. The number of anilines is 1. The summed E-state index contributed by atoms with van der Waals surface area (Å²) < 4.78 is 5.38. The second kappa shape index (κ2) is 9.37. The summed E-state index contributed by atoms with van der Waals surface area (Å²) >= 11 is 6.09. The minimum Gasteiger partial charge on any atom is -0.488 e. The molecule has 0 radical (unpaired) electrons. The van der Waals surface area contributed by atoms with E-state index in [1.807, 2.05) is 18.2 Å². The smallest absolute Gasteiger partial charge is 0.265 e. The molecule has 6 heteroatoms. The number of carbonyl (C=O) groups excluding carboxylic acids is 1. The first-order valence-electron chi connectivity index (χ1n) is 7.22. The van der Waals surface area contributed by atoms with Crippen molar-refractivity contribution >= 4 is 29.4 Å². The molecule has 124 valence electrons. The van der Waals surface area contributed by atoms with Gasteiger partial charge in [-0.15, -0.1) is 0 Å². The Kier molecular flexibility index (Phi) is 6.86. The van der Waals surface area contributed by atoms with E-state index in [1.54, 1.807) is 36.4 Å². The van der Waals surface area contributed by atoms with E-state index in [9.17, 15) is 4.79 Å². The lowest BCUT2D eigenvalue weighted by Crippen LogP contribution is -2.16. The molecule has 1 N–H and O–H groups in total. The molecule has 0 heterocycles. The number of benzene rings is 2. The number of nitrogens with zero attached hydrogens (tertiary/aromatic N) is 1. The van der Waals surface area contributed by atoms with Crippen molar-refractivity contribution in [3.05, 3.63) is 71.8 Å². The minimum absolute atomic E-state index is 0.181. The fourth-order valence-electron chi connectivity index (χ4n) is 1.78. The average Bonchev–Trinajstić information content (AvgIpc) is 2.59. The fourth-order valence-corrected chi connectivity index (χ4v) is 2.02. The number of hydrogen-bond donors (Lipinski definition) is 1. The quantitative estimate of drug-likeness (QED) is 0.449. The number of rotatable bonds is 8. The van der Waals surface area contributed by atoms with Crippen LogP contribution in [-0.2, 0) is 9.63 Å². The van der Waals surface area contributed by atoms with Crippen LogP contribution >= 0.6 is 11.6 Å². The van der Waals surface area contributed by atoms with E-state index in [0.717, 1.165) is 5.56 Å². The molecule has 0 saturated heterocycles. The van der Waals surface area contributed by atoms with Crippen LogP contribution in [0, 0.1) is 0 Å². The van der Waals surface area contributed by atoms with E-state index in [2.05, 4.69) is 17.1 Å². The van der Waals surface area contributed by atoms with Gasteiger partial charge in [0.05, 0.1) is 11.2 Å². The summed E-state index contributed by atoms with van der Waals surface area (Å²) in [7, 11) is 0. The summed E-state index contributed by atoms with van der Waals surface area (Å²) in [4.78, 5) is 16.6. The molecule has 0 bridgehead atoms. The maximum Gasteiger partial charge on any atom is 0.265 e. The molecule has 2 rings (SSSR count). The topological polar surface area (TPSA) is 59.9 Å². The lowest BCUT2D eigenvalue weighted by molar-refractivity contribution is -0.120. The highest BCUT2D eigenvalue weighted by Gasteiger charge is 2.03. The van der Waals surface area contributed by atoms with Gasteiger partial charge in [-0.1, -0.05) is 47.6 Å². The van der Waals surface area contributed by atoms with Crippen LogP contribution < -0.4 is 10.1 Å². The van der Waals surface area contributed by atoms with Crippen LogP contribution in [0.4, 0.5) is 5.69 Å². The first-order chi connectivity index (χ1) is 11.7. The molecule has 2 aromatic rings. The zero-order valence-corrected chi connectivity index (χ0v) is 13.7. The van der Waals surface area contributed by atoms with Crippen molar-refractivity contribution in [2.24, 2.45) is 5.16 Å². The number of carbonyl (C=O) groups is 1. The molecule has 0 aliphatic carbocycles. The number of hydrogen-bond acceptors (Lipinski definition) is 4. The molecule has 1 amide bonds. The highest BCUT2D eigenvalue weighted by Crippen LogP contribution is 2.24. The minimum atomic E-state index is -0.287. The Hall–Kier alpha value is -2.79. The fraction of sp³-hybridized carbons (Fsp3) is 0.111. The predicted octanol–water partition coefficient (Wildman–Crippen LogP) is 3.89. The van der Waals surface area contributed by atoms with Crippen LogP contribution in [0.1, 0.15) is 5.56 Å². The van der Waals surface area contributed by atoms with Crippen molar-refractivity contribution in [3.8, 4) is 5.75 Å². The van der Waals surface area contributed by atoms with Crippen LogP contribution in [0.5, 0.6) is 5.75 Å². The molecule has 2 aromatic carbocycles. The van der Waals surface area contributed by atoms with Gasteiger partial charge in [0.1, 0.15) is 12.4 Å². The van der Waals surface area contributed by atoms with E-state index in [1.165, 1.54) is 6.21 Å². The van der Waals surface area contributed by atoms with Crippen LogP contribution in [-0.4, -0.2) is 25.3 Å². The monoisotopic (exact) mass is 344 g/mol. The number of halogens is 1. The molecule has 0 fully saturated rings. The summed E-state index contributed by atoms with van der Waals surface area (Å²) in [5, 5.41) is 6.91. The lowest BCUT2D eigenvalue weighted by atomic mass is 10.2. The van der Waals surface area contributed by atoms with Gasteiger partial charge in [-0.3, -0.25) is 4.79 Å². The standard InChI is InChI=1S/C18H17ClN2O3/c1-2-10-23-17-9-8-14(11-16(17)19)12-20-24-13-18(22)21-15-6-4-3-5-7-15/h2-9,11-12H,1,10,13H2,(H,21,22). The molecular weight excluding hydrogens is 328 g/mol. The van der Waals surface area contributed by atoms with Crippen molar-refractivity contribution in [2.45, 2.75) is 0 Å². The number of para-hydroxylation sites is 1. The van der Waals surface area contributed by atoms with E-state index >= 15 is 0 Å². The van der Waals surface area contributed by atoms with Crippen LogP contribution in [0.25, 0.3) is 0 Å². The number of amides is 1. The van der Waals surface area contributed by atoms with Gasteiger partial charge in [-0.05, 0) is 35.9 Å². The lowest BCUT2D eigenvalue weighted by Gasteiger charge is -2.06. The Morgan fingerprint density at radius 1 is 1.25 bits per heavy atom. The van der Waals surface area contributed by atoms with E-state index in [-0.39, 0.29) is 12.5 Å². The van der Waals surface area contributed by atoms with Gasteiger partial charge in [0.25, 0.3) is 5.91 Å². The van der Waals surface area contributed by atoms with E-state index in [4.69, 9.17) is 21.2 Å². The molecular formula is C18H17ClN2O3. The van der Waals surface area contributed by atoms with Gasteiger partial charge in [0.2, 0.25) is 0 Å². The molecule has 24 heavy (non-hydrogen) atoms. The molecule has 0 unspecified atom stereocenters. The third kappa shape index (κ3) is 5.78. The molecule has 0 aliphatic rings. The largest absolute Gasteiger partial charge is 0.488 e. The van der Waals surface area contributed by atoms with Gasteiger partial charge in [-0.2, -0.15) is 0 Å². The van der Waals surface area contributed by atoms with Crippen molar-refractivity contribution < 1.29 is 14.4 Å². The van der Waals surface area contributed by atoms with Gasteiger partial charge >= 0.3 is 0 Å². The van der Waals surface area contributed by atoms with Gasteiger partial charge in [0.15, 0.2) is 6.61 Å². The highest BCUT2D eigenvalue weighted by atomic mass is 35.5. The normalized spacial score (nSPS) is 10.4. The SMILES string of the molecule is C=CCOc1ccc(C=NOCC(=O)Nc2ccccc2)cc1Cl. The third-order valence-electron chi connectivity index (χ3n) is 2.84. The molecule has 0 spiro atoms. The Bertz CT molecular complexity index is 717. The summed E-state index contributed by atoms with van der Waals surface area (Å²) in [6.45, 7) is 3.78. The van der Waals surface area contributed by atoms with Crippen molar-refractivity contribution in [1.82, 2.24) is 0 Å². The summed E-state index contributed by atoms with van der Waals surface area (Å²) in [5.74, 6) is 0.279. The summed E-state index contributed by atoms with van der Waals surface area (Å²) in [6, 6.07) is 14.3. The van der Waals surface area contributed by atoms with Crippen molar-refractivity contribution in [1.29, 1.82) is 0 Å². The van der Waals surface area contributed by atoms with Gasteiger partial charge < -0.3 is 14.9 Å². The van der Waals surface area contributed by atoms with Crippen LogP contribution in [0.2, 0.25) is 5.02 Å². The van der Waals surface area contributed by atoms with Gasteiger partial charge in [0, 0.05) is 5.69 Å². The molecule has 0 aromatic heterocycles. The van der Waals surface area contributed by atoms with Gasteiger partial charge in [-0.25, -0.2) is 0 Å². The first-order valence-corrected chi connectivity index (χ1v) is 7.60. The van der Waals surface area contributed by atoms with E-state index < -0.39 is 0 Å². The van der Waals surface area contributed by atoms with Crippen molar-refractivity contribution in [3.63, 3.8) is 0 Å². The molecule has 0 saturated carbocycles. The third-order valence-corrected chi connectivity index (χ3v) is 3.14. The Morgan fingerprint density at radius 3 is 2.75 bits per heavy atom. The number of ether oxygens (including phenoxy) is 1. The second-order valence-electron chi connectivity index (χ2n) is 4.71. The van der Waals surface area contributed by atoms with Crippen LogP contribution in [0.3, 0.4) is 0 Å². The Morgan fingerprint density at radius 2 is 2.04 bits per heavy atom. The number of oxime groups is 1. The zero-order valence-electron chi connectivity index (χ0n) is 12.9. The van der Waals surface area contributed by atoms with Crippen molar-refractivity contribution in [2.75, 3.05) is 18.5 Å². The maximum absolute atomic E-state index is 11.7. The maximum atomic E-state index is 11.7. The molecule has 5 nitrogen and oxygen atoms in total. The number of nitrogens with one attached hydrogen (secondary N) is 1. The highest BCUT2D eigenvalue weighted by molar-refractivity contribution is 6.32. The summed E-state index contributed by atoms with van der Waals surface area (Å²) in [6.07, 6.45) is 3.11. The Labute approximate surface area is 145 Å². The average molecular weight is 345 g/mol. The first kappa shape index (κ1) is 17.6.